The first-order chi connectivity index (χ1) is 14.8. The number of carbonyl (C=O) groups excluding carboxylic acids is 1. The first-order valence-electron chi connectivity index (χ1n) is 8.15. The lowest BCUT2D eigenvalue weighted by Gasteiger charge is -2.42. The van der Waals surface area contributed by atoms with Crippen LogP contribution >= 0.6 is 0 Å². The van der Waals surface area contributed by atoms with Crippen LogP contribution in [-0.4, -0.2) is 53.8 Å². The molecule has 34 heavy (non-hydrogen) atoms. The maximum absolute atomic E-state index is 13.8. The van der Waals surface area contributed by atoms with Crippen molar-refractivity contribution < 1.29 is 75.0 Å². The number of alkyl halides is 16. The van der Waals surface area contributed by atoms with Gasteiger partial charge in [0.15, 0.2) is 0 Å². The van der Waals surface area contributed by atoms with Crippen molar-refractivity contribution in [3.63, 3.8) is 0 Å². The lowest BCUT2D eigenvalue weighted by Crippen LogP contribution is -2.74. The molecule has 18 heteroatoms. The van der Waals surface area contributed by atoms with E-state index in [1.54, 1.807) is 0 Å². The second kappa shape index (κ2) is 8.35. The molecule has 1 N–H and O–H groups in total. The number of benzene rings is 1. The molecule has 1 rings (SSSR count). The zero-order chi connectivity index (χ0) is 27.3. The van der Waals surface area contributed by atoms with Crippen molar-refractivity contribution in [1.82, 2.24) is 0 Å². The average Bonchev–Trinajstić information content (AvgIpc) is 2.66. The zero-order valence-corrected chi connectivity index (χ0v) is 15.8. The van der Waals surface area contributed by atoms with E-state index in [1.807, 2.05) is 0 Å². The van der Waals surface area contributed by atoms with E-state index in [4.69, 9.17) is 0 Å². The van der Waals surface area contributed by atoms with Crippen LogP contribution in [0.2, 0.25) is 0 Å². The summed E-state index contributed by atoms with van der Waals surface area (Å²) in [6, 6.07) is 3.65. The molecule has 0 heterocycles. The molecule has 0 atom stereocenters. The summed E-state index contributed by atoms with van der Waals surface area (Å²) >= 11 is 0. The molecular formula is C16H9F16NO. The van der Waals surface area contributed by atoms with Gasteiger partial charge < -0.3 is 5.32 Å². The van der Waals surface area contributed by atoms with Gasteiger partial charge in [0.1, 0.15) is 0 Å². The molecule has 0 radical (unpaired) electrons. The van der Waals surface area contributed by atoms with Crippen molar-refractivity contribution in [1.29, 1.82) is 0 Å². The first kappa shape index (κ1) is 29.6. The minimum Gasteiger partial charge on any atom is -0.321 e. The third-order valence-electron chi connectivity index (χ3n) is 4.23. The van der Waals surface area contributed by atoms with Crippen molar-refractivity contribution in [3.8, 4) is 0 Å². The van der Waals surface area contributed by atoms with E-state index in [1.165, 1.54) is 13.0 Å². The lowest BCUT2D eigenvalue weighted by atomic mass is 9.89. The quantitative estimate of drug-likeness (QED) is 0.353. The fraction of sp³-hybridized carbons (Fsp3) is 0.562. The zero-order valence-electron chi connectivity index (χ0n) is 15.8. The summed E-state index contributed by atoms with van der Waals surface area (Å²) in [7, 11) is 0. The molecule has 1 aromatic rings. The minimum absolute atomic E-state index is 0.131. The van der Waals surface area contributed by atoms with E-state index < -0.39 is 59.5 Å². The Bertz CT molecular complexity index is 910. The lowest BCUT2D eigenvalue weighted by molar-refractivity contribution is -0.443. The summed E-state index contributed by atoms with van der Waals surface area (Å²) in [5.74, 6) is -59.6. The van der Waals surface area contributed by atoms with Crippen molar-refractivity contribution in [3.05, 3.63) is 29.8 Å². The second-order valence-electron chi connectivity index (χ2n) is 6.69. The summed E-state index contributed by atoms with van der Waals surface area (Å²) in [6.07, 6.45) is -5.92. The Balaban J connectivity index is 3.54. The molecule has 1 aromatic carbocycles. The van der Waals surface area contributed by atoms with Gasteiger partial charge in [0, 0.05) is 5.69 Å². The topological polar surface area (TPSA) is 29.1 Å². The molecule has 2 nitrogen and oxygen atoms in total. The highest BCUT2D eigenvalue weighted by Crippen LogP contribution is 2.62. The van der Waals surface area contributed by atoms with Crippen molar-refractivity contribution in [2.24, 2.45) is 0 Å². The largest absolute Gasteiger partial charge is 0.393 e. The minimum atomic E-state index is -8.54. The molecule has 0 aliphatic carbocycles. The van der Waals surface area contributed by atoms with Crippen LogP contribution in [0.25, 0.3) is 0 Å². The van der Waals surface area contributed by atoms with Crippen molar-refractivity contribution >= 4 is 11.6 Å². The molecule has 0 unspecified atom stereocenters. The number of hydrogen-bond acceptors (Lipinski definition) is 1. The van der Waals surface area contributed by atoms with E-state index >= 15 is 0 Å². The van der Waals surface area contributed by atoms with Gasteiger partial charge in [0.2, 0.25) is 0 Å². The standard InChI is InChI=1S/C16H9F16NO/c1-6-3-2-4-7(5-6)33-9(34)11(21,22)13(25,26)15(29,30)16(31,32)14(27,28)12(23,24)10(19,20)8(17)18/h2-5,8H,1H3,(H,33,34). The number of nitrogens with one attached hydrogen (secondary N) is 1. The van der Waals surface area contributed by atoms with Gasteiger partial charge in [-0.1, -0.05) is 12.1 Å². The van der Waals surface area contributed by atoms with Gasteiger partial charge in [-0.25, -0.2) is 8.78 Å². The fourth-order valence-electron chi connectivity index (χ4n) is 2.21. The smallest absolute Gasteiger partial charge is 0.321 e. The van der Waals surface area contributed by atoms with Crippen molar-refractivity contribution in [2.75, 3.05) is 5.32 Å². The van der Waals surface area contributed by atoms with Gasteiger partial charge >= 0.3 is 53.8 Å². The number of halogens is 16. The van der Waals surface area contributed by atoms with Crippen LogP contribution in [0.4, 0.5) is 75.9 Å². The number of hydrogen-bond donors (Lipinski definition) is 1. The van der Waals surface area contributed by atoms with Crippen LogP contribution in [0, 0.1) is 6.92 Å². The normalized spacial score (nSPS) is 15.0. The van der Waals surface area contributed by atoms with Gasteiger partial charge in [-0.2, -0.15) is 61.5 Å². The summed E-state index contributed by atoms with van der Waals surface area (Å²) in [6.45, 7) is 1.23. The molecular weight excluding hydrogens is 526 g/mol. The Labute approximate surface area is 177 Å². The number of amides is 1. The van der Waals surface area contributed by atoms with Gasteiger partial charge in [0.25, 0.3) is 0 Å². The maximum Gasteiger partial charge on any atom is 0.393 e. The van der Waals surface area contributed by atoms with Gasteiger partial charge in [-0.05, 0) is 24.6 Å². The first-order valence-corrected chi connectivity index (χ1v) is 8.15. The monoisotopic (exact) mass is 535 g/mol. The highest BCUT2D eigenvalue weighted by Gasteiger charge is 2.94. The van der Waals surface area contributed by atoms with E-state index in [9.17, 15) is 75.0 Å². The fourth-order valence-corrected chi connectivity index (χ4v) is 2.21. The molecule has 0 saturated heterocycles. The molecule has 0 aliphatic heterocycles. The molecule has 0 aromatic heterocycles. The Morgan fingerprint density at radius 3 is 1.53 bits per heavy atom. The predicted octanol–water partition coefficient (Wildman–Crippen LogP) is 6.65. The Kier molecular flexibility index (Phi) is 7.27. The summed E-state index contributed by atoms with van der Waals surface area (Å²) < 4.78 is 212. The number of anilines is 1. The number of carbonyl (C=O) groups is 1. The van der Waals surface area contributed by atoms with Crippen molar-refractivity contribution in [2.45, 2.75) is 54.8 Å². The van der Waals surface area contributed by atoms with Crippen LogP contribution in [0.15, 0.2) is 24.3 Å². The molecule has 0 spiro atoms. The van der Waals surface area contributed by atoms with E-state index in [0.29, 0.717) is 6.07 Å². The summed E-state index contributed by atoms with van der Waals surface area (Å²) in [4.78, 5) is 11.4. The third-order valence-corrected chi connectivity index (χ3v) is 4.23. The summed E-state index contributed by atoms with van der Waals surface area (Å²) in [5.41, 5.74) is -0.699. The highest BCUT2D eigenvalue weighted by atomic mass is 19.4. The van der Waals surface area contributed by atoms with Crippen LogP contribution in [0.3, 0.4) is 0 Å². The van der Waals surface area contributed by atoms with Crippen LogP contribution in [0.1, 0.15) is 5.56 Å². The van der Waals surface area contributed by atoms with Crippen LogP contribution in [-0.2, 0) is 4.79 Å². The van der Waals surface area contributed by atoms with E-state index in [2.05, 4.69) is 0 Å². The number of aryl methyl sites for hydroxylation is 1. The Morgan fingerprint density at radius 2 is 1.12 bits per heavy atom. The third kappa shape index (κ3) is 4.01. The van der Waals surface area contributed by atoms with Gasteiger partial charge in [-0.15, -0.1) is 0 Å². The van der Waals surface area contributed by atoms with Crippen LogP contribution in [0.5, 0.6) is 0 Å². The number of rotatable bonds is 9. The molecule has 0 aliphatic rings. The summed E-state index contributed by atoms with van der Waals surface area (Å²) in [5, 5.41) is 0.859. The molecule has 1 amide bonds. The van der Waals surface area contributed by atoms with Crippen LogP contribution < -0.4 is 5.32 Å². The Hall–Kier alpha value is -2.43. The highest BCUT2D eigenvalue weighted by molar-refractivity contribution is 5.97. The Morgan fingerprint density at radius 1 is 0.706 bits per heavy atom. The SMILES string of the molecule is Cc1cccc(NC(=O)C(F)(F)C(F)(F)C(F)(F)C(F)(F)C(F)(F)C(F)(F)C(F)(F)C(F)F)c1. The maximum atomic E-state index is 13.8. The average molecular weight is 535 g/mol. The van der Waals surface area contributed by atoms with Gasteiger partial charge in [-0.3, -0.25) is 4.79 Å². The molecule has 0 bridgehead atoms. The van der Waals surface area contributed by atoms with E-state index in [0.717, 1.165) is 17.4 Å². The molecule has 0 saturated carbocycles. The van der Waals surface area contributed by atoms with Gasteiger partial charge in [0.05, 0.1) is 0 Å². The predicted molar refractivity (Wildman–Crippen MR) is 80.4 cm³/mol. The second-order valence-corrected chi connectivity index (χ2v) is 6.69. The molecule has 0 fully saturated rings. The van der Waals surface area contributed by atoms with E-state index in [-0.39, 0.29) is 5.56 Å². The molecule has 196 valence electrons.